The summed E-state index contributed by atoms with van der Waals surface area (Å²) in [6.07, 6.45) is 4.35. The highest BCUT2D eigenvalue weighted by Gasteiger charge is 2.72. The Hall–Kier alpha value is -0.450. The average Bonchev–Trinajstić information content (AvgIpc) is 2.42. The Bertz CT molecular complexity index is 451. The SMILES string of the molecule is C[C@@H]1C[C@@H]2[C@H](O)C(=O)[C@H]3CCCN4CCC[C@@]2(O)[C@]34C1. The second-order valence-electron chi connectivity index (χ2n) is 7.63. The van der Waals surface area contributed by atoms with Gasteiger partial charge in [-0.3, -0.25) is 9.69 Å². The molecule has 4 heteroatoms. The van der Waals surface area contributed by atoms with Crippen molar-refractivity contribution in [2.24, 2.45) is 17.8 Å². The standard InChI is InChI=1S/C16H25NO3/c1-10-8-12-14(19)13(18)11-4-2-6-17-7-3-5-16(12,20)15(11,17)9-10/h10-12,14,19-20H,2-9H2,1H3/t10-,11-,12-,14+,15+,16+/m1/s1. The molecule has 2 saturated heterocycles. The van der Waals surface area contributed by atoms with Crippen LogP contribution < -0.4 is 0 Å². The maximum atomic E-state index is 12.7. The number of carbonyl (C=O) groups is 1. The first-order valence-electron chi connectivity index (χ1n) is 8.20. The normalized spacial score (nSPS) is 55.5. The molecule has 4 nitrogen and oxygen atoms in total. The third-order valence-corrected chi connectivity index (χ3v) is 6.74. The summed E-state index contributed by atoms with van der Waals surface area (Å²) < 4.78 is 0. The molecule has 0 amide bonds. The van der Waals surface area contributed by atoms with Crippen molar-refractivity contribution in [3.8, 4) is 0 Å². The Morgan fingerprint density at radius 2 is 2.05 bits per heavy atom. The summed E-state index contributed by atoms with van der Waals surface area (Å²) in [5, 5.41) is 22.0. The lowest BCUT2D eigenvalue weighted by atomic mass is 9.45. The number of nitrogens with zero attached hydrogens (tertiary/aromatic N) is 1. The fourth-order valence-corrected chi connectivity index (χ4v) is 6.16. The molecule has 6 atom stereocenters. The van der Waals surface area contributed by atoms with Crippen molar-refractivity contribution in [2.45, 2.75) is 62.7 Å². The van der Waals surface area contributed by atoms with E-state index < -0.39 is 11.7 Å². The summed E-state index contributed by atoms with van der Waals surface area (Å²) in [6.45, 7) is 4.21. The lowest BCUT2D eigenvalue weighted by molar-refractivity contribution is -0.267. The number of carbonyl (C=O) groups excluding carboxylic acids is 1. The number of hydrogen-bond donors (Lipinski definition) is 2. The lowest BCUT2D eigenvalue weighted by Crippen LogP contribution is -2.82. The van der Waals surface area contributed by atoms with Crippen molar-refractivity contribution in [1.29, 1.82) is 0 Å². The van der Waals surface area contributed by atoms with E-state index in [0.29, 0.717) is 5.92 Å². The first-order valence-corrected chi connectivity index (χ1v) is 8.20. The molecule has 0 unspecified atom stereocenters. The zero-order valence-electron chi connectivity index (χ0n) is 12.2. The van der Waals surface area contributed by atoms with Gasteiger partial charge in [-0.2, -0.15) is 0 Å². The van der Waals surface area contributed by atoms with E-state index in [1.807, 2.05) is 0 Å². The van der Waals surface area contributed by atoms with Crippen molar-refractivity contribution < 1.29 is 15.0 Å². The summed E-state index contributed by atoms with van der Waals surface area (Å²) in [5.74, 6) is 0.0776. The maximum absolute atomic E-state index is 12.7. The van der Waals surface area contributed by atoms with Crippen LogP contribution in [-0.4, -0.2) is 51.2 Å². The van der Waals surface area contributed by atoms with Crippen LogP contribution in [0.25, 0.3) is 0 Å². The predicted octanol–water partition coefficient (Wildman–Crippen LogP) is 0.952. The Kier molecular flexibility index (Phi) is 2.68. The first kappa shape index (κ1) is 13.2. The number of aliphatic hydroxyl groups excluding tert-OH is 1. The minimum atomic E-state index is -0.945. The van der Waals surface area contributed by atoms with Crippen molar-refractivity contribution in [1.82, 2.24) is 4.90 Å². The zero-order chi connectivity index (χ0) is 14.1. The summed E-state index contributed by atoms with van der Waals surface area (Å²) in [4.78, 5) is 15.1. The molecule has 2 aliphatic carbocycles. The van der Waals surface area contributed by atoms with E-state index in [2.05, 4.69) is 11.8 Å². The van der Waals surface area contributed by atoms with Crippen LogP contribution in [0.3, 0.4) is 0 Å². The molecule has 0 aromatic rings. The second-order valence-corrected chi connectivity index (χ2v) is 7.63. The number of aliphatic hydroxyl groups is 2. The van der Waals surface area contributed by atoms with Crippen LogP contribution in [0.15, 0.2) is 0 Å². The van der Waals surface area contributed by atoms with Crippen LogP contribution in [0.5, 0.6) is 0 Å². The van der Waals surface area contributed by atoms with Gasteiger partial charge in [-0.15, -0.1) is 0 Å². The van der Waals surface area contributed by atoms with E-state index in [0.717, 1.165) is 51.6 Å². The van der Waals surface area contributed by atoms with Gasteiger partial charge >= 0.3 is 0 Å². The average molecular weight is 279 g/mol. The Morgan fingerprint density at radius 1 is 1.30 bits per heavy atom. The predicted molar refractivity (Wildman–Crippen MR) is 74.1 cm³/mol. The van der Waals surface area contributed by atoms with Crippen LogP contribution >= 0.6 is 0 Å². The van der Waals surface area contributed by atoms with Crippen molar-refractivity contribution in [3.63, 3.8) is 0 Å². The van der Waals surface area contributed by atoms with Gasteiger partial charge in [-0.25, -0.2) is 0 Å². The van der Waals surface area contributed by atoms with Crippen molar-refractivity contribution >= 4 is 5.78 Å². The lowest BCUT2D eigenvalue weighted by Gasteiger charge is -2.70. The summed E-state index contributed by atoms with van der Waals surface area (Å²) in [5.41, 5.74) is -1.22. The molecule has 2 aliphatic heterocycles. The van der Waals surface area contributed by atoms with Gasteiger partial charge in [0, 0.05) is 11.8 Å². The molecule has 112 valence electrons. The third kappa shape index (κ3) is 1.31. The fourth-order valence-electron chi connectivity index (χ4n) is 6.16. The van der Waals surface area contributed by atoms with Gasteiger partial charge in [-0.1, -0.05) is 6.92 Å². The van der Waals surface area contributed by atoms with Gasteiger partial charge in [0.25, 0.3) is 0 Å². The summed E-state index contributed by atoms with van der Waals surface area (Å²) >= 11 is 0. The molecule has 2 heterocycles. The van der Waals surface area contributed by atoms with Crippen LogP contribution in [0, 0.1) is 17.8 Å². The van der Waals surface area contributed by atoms with E-state index in [-0.39, 0.29) is 23.2 Å². The molecular formula is C16H25NO3. The molecule has 0 aromatic carbocycles. The number of Topliss-reactive ketones (excluding diaryl/α,β-unsaturated/α-hetero) is 1. The number of piperidine rings is 2. The van der Waals surface area contributed by atoms with Gasteiger partial charge in [0.15, 0.2) is 5.78 Å². The molecule has 1 spiro atoms. The minimum Gasteiger partial charge on any atom is -0.388 e. The molecule has 4 aliphatic rings. The topological polar surface area (TPSA) is 60.8 Å². The Balaban J connectivity index is 1.91. The van der Waals surface area contributed by atoms with Crippen LogP contribution in [0.2, 0.25) is 0 Å². The second kappa shape index (κ2) is 4.05. The Labute approximate surface area is 120 Å². The van der Waals surface area contributed by atoms with E-state index >= 15 is 0 Å². The zero-order valence-corrected chi connectivity index (χ0v) is 12.2. The van der Waals surface area contributed by atoms with Crippen molar-refractivity contribution in [2.75, 3.05) is 13.1 Å². The molecular weight excluding hydrogens is 254 g/mol. The van der Waals surface area contributed by atoms with Gasteiger partial charge in [0.1, 0.15) is 6.10 Å². The van der Waals surface area contributed by atoms with Gasteiger partial charge in [0.05, 0.1) is 11.1 Å². The molecule has 2 N–H and O–H groups in total. The quantitative estimate of drug-likeness (QED) is 0.693. The molecule has 2 bridgehead atoms. The minimum absolute atomic E-state index is 0.0122. The largest absolute Gasteiger partial charge is 0.388 e. The molecule has 0 aromatic heterocycles. The summed E-state index contributed by atoms with van der Waals surface area (Å²) in [7, 11) is 0. The van der Waals surface area contributed by atoms with E-state index in [1.54, 1.807) is 0 Å². The number of ketones is 1. The molecule has 0 radical (unpaired) electrons. The highest BCUT2D eigenvalue weighted by atomic mass is 16.3. The van der Waals surface area contributed by atoms with Gasteiger partial charge in [0.2, 0.25) is 0 Å². The van der Waals surface area contributed by atoms with Crippen LogP contribution in [0.4, 0.5) is 0 Å². The monoisotopic (exact) mass is 279 g/mol. The van der Waals surface area contributed by atoms with E-state index in [1.165, 1.54) is 0 Å². The molecule has 4 rings (SSSR count). The Morgan fingerprint density at radius 3 is 2.85 bits per heavy atom. The highest BCUT2D eigenvalue weighted by Crippen LogP contribution is 2.61. The molecule has 2 saturated carbocycles. The van der Waals surface area contributed by atoms with Crippen LogP contribution in [0.1, 0.15) is 45.4 Å². The first-order chi connectivity index (χ1) is 9.50. The fraction of sp³-hybridized carbons (Fsp3) is 0.938. The smallest absolute Gasteiger partial charge is 0.166 e. The van der Waals surface area contributed by atoms with Crippen LogP contribution in [-0.2, 0) is 4.79 Å². The highest BCUT2D eigenvalue weighted by molar-refractivity contribution is 5.89. The number of hydrogen-bond acceptors (Lipinski definition) is 4. The van der Waals surface area contributed by atoms with Gasteiger partial charge in [-0.05, 0) is 57.5 Å². The summed E-state index contributed by atoms with van der Waals surface area (Å²) in [6, 6.07) is 0. The molecule has 4 fully saturated rings. The maximum Gasteiger partial charge on any atom is 0.166 e. The molecule has 20 heavy (non-hydrogen) atoms. The van der Waals surface area contributed by atoms with Gasteiger partial charge < -0.3 is 10.2 Å². The van der Waals surface area contributed by atoms with E-state index in [4.69, 9.17) is 0 Å². The van der Waals surface area contributed by atoms with Crippen molar-refractivity contribution in [3.05, 3.63) is 0 Å². The third-order valence-electron chi connectivity index (χ3n) is 6.74. The van der Waals surface area contributed by atoms with E-state index in [9.17, 15) is 15.0 Å². The number of rotatable bonds is 0.